The van der Waals surface area contributed by atoms with E-state index in [0.29, 0.717) is 26.4 Å². The lowest BCUT2D eigenvalue weighted by atomic mass is 10.00. The van der Waals surface area contributed by atoms with Crippen molar-refractivity contribution in [3.63, 3.8) is 0 Å². The second kappa shape index (κ2) is 28.6. The van der Waals surface area contributed by atoms with Gasteiger partial charge in [-0.3, -0.25) is 4.79 Å². The SMILES string of the molecule is CCCCCCCCCCCCCCCCCCOCCOCCOC(=O)C(CC)CCCC. The Kier molecular flexibility index (Phi) is 28.1. The van der Waals surface area contributed by atoms with E-state index in [1.54, 1.807) is 0 Å². The summed E-state index contributed by atoms with van der Waals surface area (Å²) >= 11 is 0. The predicted molar refractivity (Wildman–Crippen MR) is 145 cm³/mol. The molecule has 4 nitrogen and oxygen atoms in total. The van der Waals surface area contributed by atoms with Gasteiger partial charge in [-0.15, -0.1) is 0 Å². The molecule has 0 N–H and O–H groups in total. The molecule has 0 saturated carbocycles. The molecule has 1 unspecified atom stereocenters. The smallest absolute Gasteiger partial charge is 0.308 e. The summed E-state index contributed by atoms with van der Waals surface area (Å²) < 4.78 is 16.5. The molecule has 0 rings (SSSR count). The summed E-state index contributed by atoms with van der Waals surface area (Å²) in [7, 11) is 0. The number of ether oxygens (including phenoxy) is 3. The first-order valence-corrected chi connectivity index (χ1v) is 15.1. The van der Waals surface area contributed by atoms with Gasteiger partial charge in [-0.25, -0.2) is 0 Å². The minimum absolute atomic E-state index is 0.0444. The van der Waals surface area contributed by atoms with Crippen LogP contribution in [0.4, 0.5) is 0 Å². The van der Waals surface area contributed by atoms with Crippen LogP contribution in [-0.4, -0.2) is 39.0 Å². The molecule has 0 heterocycles. The minimum atomic E-state index is -0.0701. The Balaban J connectivity index is 3.18. The lowest BCUT2D eigenvalue weighted by Crippen LogP contribution is -2.20. The van der Waals surface area contributed by atoms with Gasteiger partial charge in [-0.05, 0) is 19.3 Å². The van der Waals surface area contributed by atoms with Gasteiger partial charge in [-0.1, -0.05) is 130 Å². The van der Waals surface area contributed by atoms with E-state index in [1.165, 1.54) is 96.3 Å². The number of hydrogen-bond acceptors (Lipinski definition) is 4. The highest BCUT2D eigenvalue weighted by atomic mass is 16.6. The molecule has 0 radical (unpaired) electrons. The summed E-state index contributed by atoms with van der Waals surface area (Å²) in [4.78, 5) is 12.0. The van der Waals surface area contributed by atoms with Crippen molar-refractivity contribution >= 4 is 5.97 Å². The van der Waals surface area contributed by atoms with Crippen LogP contribution in [0.3, 0.4) is 0 Å². The number of unbranched alkanes of at least 4 members (excludes halogenated alkanes) is 16. The number of esters is 1. The molecule has 0 fully saturated rings. The van der Waals surface area contributed by atoms with Crippen molar-refractivity contribution in [2.75, 3.05) is 33.0 Å². The van der Waals surface area contributed by atoms with E-state index in [1.807, 2.05) is 0 Å². The Hall–Kier alpha value is -0.610. The predicted octanol–water partition coefficient (Wildman–Crippen LogP) is 9.04. The van der Waals surface area contributed by atoms with Gasteiger partial charge in [-0.2, -0.15) is 0 Å². The molecule has 0 amide bonds. The van der Waals surface area contributed by atoms with Crippen LogP contribution in [-0.2, 0) is 19.0 Å². The Morgan fingerprint density at radius 2 is 0.912 bits per heavy atom. The zero-order chi connectivity index (χ0) is 25.0. The molecule has 0 spiro atoms. The zero-order valence-corrected chi connectivity index (χ0v) is 23.4. The number of hydrogen-bond donors (Lipinski definition) is 0. The van der Waals surface area contributed by atoms with Crippen molar-refractivity contribution < 1.29 is 19.0 Å². The number of carbonyl (C=O) groups is 1. The van der Waals surface area contributed by atoms with Crippen LogP contribution in [0.15, 0.2) is 0 Å². The molecule has 204 valence electrons. The molecule has 0 aliphatic rings. The van der Waals surface area contributed by atoms with Crippen LogP contribution >= 0.6 is 0 Å². The highest BCUT2D eigenvalue weighted by molar-refractivity contribution is 5.72. The lowest BCUT2D eigenvalue weighted by Gasteiger charge is -2.13. The highest BCUT2D eigenvalue weighted by Crippen LogP contribution is 2.15. The van der Waals surface area contributed by atoms with Gasteiger partial charge in [0.15, 0.2) is 0 Å². The van der Waals surface area contributed by atoms with E-state index < -0.39 is 0 Å². The third-order valence-electron chi connectivity index (χ3n) is 6.72. The third-order valence-corrected chi connectivity index (χ3v) is 6.72. The summed E-state index contributed by atoms with van der Waals surface area (Å²) in [6.45, 7) is 9.31. The highest BCUT2D eigenvalue weighted by Gasteiger charge is 2.16. The largest absolute Gasteiger partial charge is 0.463 e. The Bertz CT molecular complexity index is 399. The first-order valence-electron chi connectivity index (χ1n) is 15.1. The van der Waals surface area contributed by atoms with Crippen molar-refractivity contribution in [3.8, 4) is 0 Å². The average Bonchev–Trinajstić information content (AvgIpc) is 2.85. The molecular weight excluding hydrogens is 424 g/mol. The van der Waals surface area contributed by atoms with E-state index >= 15 is 0 Å². The van der Waals surface area contributed by atoms with Crippen LogP contribution in [0, 0.1) is 5.92 Å². The molecule has 0 saturated heterocycles. The van der Waals surface area contributed by atoms with Gasteiger partial charge in [0, 0.05) is 6.61 Å². The standard InChI is InChI=1S/C30H60O4/c1-4-7-9-10-11-12-13-14-15-16-17-18-19-20-21-22-24-32-25-26-33-27-28-34-30(31)29(6-3)23-8-5-2/h29H,4-28H2,1-3H3. The maximum absolute atomic E-state index is 12.0. The first kappa shape index (κ1) is 33.4. The molecule has 34 heavy (non-hydrogen) atoms. The lowest BCUT2D eigenvalue weighted by molar-refractivity contribution is -0.150. The van der Waals surface area contributed by atoms with Gasteiger partial charge < -0.3 is 14.2 Å². The quantitative estimate of drug-likeness (QED) is 0.0820. The summed E-state index contributed by atoms with van der Waals surface area (Å²) in [6.07, 6.45) is 26.2. The molecule has 0 aromatic carbocycles. The maximum Gasteiger partial charge on any atom is 0.308 e. The van der Waals surface area contributed by atoms with Crippen molar-refractivity contribution in [1.29, 1.82) is 0 Å². The summed E-state index contributed by atoms with van der Waals surface area (Å²) in [5, 5.41) is 0. The molecule has 0 aromatic rings. The molecular formula is C30H60O4. The van der Waals surface area contributed by atoms with Crippen LogP contribution in [0.5, 0.6) is 0 Å². The zero-order valence-electron chi connectivity index (χ0n) is 23.4. The van der Waals surface area contributed by atoms with E-state index in [0.717, 1.165) is 38.7 Å². The topological polar surface area (TPSA) is 44.8 Å². The summed E-state index contributed by atoms with van der Waals surface area (Å²) in [6, 6.07) is 0. The van der Waals surface area contributed by atoms with Crippen molar-refractivity contribution in [3.05, 3.63) is 0 Å². The minimum Gasteiger partial charge on any atom is -0.463 e. The Morgan fingerprint density at radius 1 is 0.500 bits per heavy atom. The van der Waals surface area contributed by atoms with Crippen LogP contribution in [0.25, 0.3) is 0 Å². The van der Waals surface area contributed by atoms with Crippen molar-refractivity contribution in [2.45, 2.75) is 149 Å². The van der Waals surface area contributed by atoms with Crippen LogP contribution < -0.4 is 0 Å². The fourth-order valence-corrected chi connectivity index (χ4v) is 4.33. The van der Waals surface area contributed by atoms with Crippen molar-refractivity contribution in [2.24, 2.45) is 5.92 Å². The second-order valence-electron chi connectivity index (χ2n) is 9.94. The van der Waals surface area contributed by atoms with Gasteiger partial charge in [0.25, 0.3) is 0 Å². The fourth-order valence-electron chi connectivity index (χ4n) is 4.33. The summed E-state index contributed by atoms with van der Waals surface area (Å²) in [5.41, 5.74) is 0. The molecule has 0 aromatic heterocycles. The van der Waals surface area contributed by atoms with E-state index in [-0.39, 0.29) is 11.9 Å². The number of rotatable bonds is 28. The van der Waals surface area contributed by atoms with Gasteiger partial charge in [0.2, 0.25) is 0 Å². The van der Waals surface area contributed by atoms with E-state index in [9.17, 15) is 4.79 Å². The molecule has 0 aliphatic carbocycles. The molecule has 4 heteroatoms. The first-order chi connectivity index (χ1) is 16.8. The van der Waals surface area contributed by atoms with Gasteiger partial charge in [0.05, 0.1) is 25.7 Å². The van der Waals surface area contributed by atoms with Crippen LogP contribution in [0.1, 0.15) is 149 Å². The summed E-state index contributed by atoms with van der Waals surface area (Å²) in [5.74, 6) is -0.0257. The van der Waals surface area contributed by atoms with Gasteiger partial charge >= 0.3 is 5.97 Å². The third kappa shape index (κ3) is 24.5. The molecule has 0 bridgehead atoms. The van der Waals surface area contributed by atoms with E-state index in [2.05, 4.69) is 20.8 Å². The van der Waals surface area contributed by atoms with Crippen molar-refractivity contribution in [1.82, 2.24) is 0 Å². The Morgan fingerprint density at radius 3 is 1.38 bits per heavy atom. The second-order valence-corrected chi connectivity index (χ2v) is 9.94. The Labute approximate surface area is 213 Å². The maximum atomic E-state index is 12.0. The number of carbonyl (C=O) groups excluding carboxylic acids is 1. The normalized spacial score (nSPS) is 12.2. The fraction of sp³-hybridized carbons (Fsp3) is 0.967. The molecule has 0 aliphatic heterocycles. The van der Waals surface area contributed by atoms with Crippen LogP contribution in [0.2, 0.25) is 0 Å². The van der Waals surface area contributed by atoms with Gasteiger partial charge in [0.1, 0.15) is 6.61 Å². The van der Waals surface area contributed by atoms with E-state index in [4.69, 9.17) is 14.2 Å². The monoisotopic (exact) mass is 484 g/mol. The molecule has 1 atom stereocenters. The average molecular weight is 485 g/mol.